The van der Waals surface area contributed by atoms with Gasteiger partial charge in [0.2, 0.25) is 0 Å². The van der Waals surface area contributed by atoms with E-state index in [0.29, 0.717) is 5.56 Å². The van der Waals surface area contributed by atoms with Crippen LogP contribution in [0.25, 0.3) is 0 Å². The van der Waals surface area contributed by atoms with Crippen LogP contribution < -0.4 is 0 Å². The average molecular weight is 210 g/mol. The molecule has 0 aliphatic carbocycles. The number of aliphatic carboxylic acids is 1. The number of rotatable bonds is 3. The zero-order valence-corrected chi connectivity index (χ0v) is 9.12. The maximum Gasteiger partial charge on any atom is 0.314 e. The molecule has 1 aromatic carbocycles. The van der Waals surface area contributed by atoms with Crippen molar-refractivity contribution in [3.63, 3.8) is 0 Å². The van der Waals surface area contributed by atoms with Gasteiger partial charge in [-0.2, -0.15) is 0 Å². The first kappa shape index (κ1) is 11.7. The molecule has 2 nitrogen and oxygen atoms in total. The van der Waals surface area contributed by atoms with Gasteiger partial charge < -0.3 is 5.11 Å². The highest BCUT2D eigenvalue weighted by Gasteiger charge is 2.36. The molecule has 1 unspecified atom stereocenters. The van der Waals surface area contributed by atoms with Crippen molar-refractivity contribution in [2.75, 3.05) is 0 Å². The van der Waals surface area contributed by atoms with Crippen molar-refractivity contribution >= 4 is 5.97 Å². The lowest BCUT2D eigenvalue weighted by Gasteiger charge is -2.23. The molecule has 15 heavy (non-hydrogen) atoms. The fraction of sp³-hybridized carbons (Fsp3) is 0.417. The Labute approximate surface area is 88.7 Å². The Morgan fingerprint density at radius 1 is 1.33 bits per heavy atom. The summed E-state index contributed by atoms with van der Waals surface area (Å²) in [6.07, 6.45) is 0. The second kappa shape index (κ2) is 4.01. The van der Waals surface area contributed by atoms with Crippen LogP contribution >= 0.6 is 0 Å². The fourth-order valence-electron chi connectivity index (χ4n) is 1.59. The van der Waals surface area contributed by atoms with E-state index in [2.05, 4.69) is 0 Å². The predicted octanol–water partition coefficient (Wildman–Crippen LogP) is 2.91. The lowest BCUT2D eigenvalue weighted by atomic mass is 9.86. The van der Waals surface area contributed by atoms with E-state index in [1.54, 1.807) is 24.3 Å². The van der Waals surface area contributed by atoms with Crippen molar-refractivity contribution in [2.45, 2.75) is 32.4 Å². The van der Waals surface area contributed by atoms with Gasteiger partial charge in [-0.05, 0) is 26.3 Å². The van der Waals surface area contributed by atoms with Gasteiger partial charge in [-0.3, -0.25) is 4.79 Å². The third-order valence-electron chi connectivity index (χ3n) is 2.34. The SMILES string of the molecule is Cc1ccc(C(C(=O)O)C(C)(C)F)cc1. The summed E-state index contributed by atoms with van der Waals surface area (Å²) in [6.45, 7) is 4.47. The van der Waals surface area contributed by atoms with Gasteiger partial charge in [0.05, 0.1) is 0 Å². The van der Waals surface area contributed by atoms with E-state index in [1.165, 1.54) is 13.8 Å². The molecule has 82 valence electrons. The number of hydrogen-bond donors (Lipinski definition) is 1. The lowest BCUT2D eigenvalue weighted by molar-refractivity contribution is -0.142. The number of carboxylic acids is 1. The number of benzene rings is 1. The molecule has 0 aliphatic heterocycles. The van der Waals surface area contributed by atoms with Gasteiger partial charge in [0.25, 0.3) is 0 Å². The van der Waals surface area contributed by atoms with E-state index < -0.39 is 17.6 Å². The van der Waals surface area contributed by atoms with E-state index >= 15 is 0 Å². The summed E-state index contributed by atoms with van der Waals surface area (Å²) in [5, 5.41) is 8.99. The number of aryl methyl sites for hydroxylation is 1. The Kier molecular flexibility index (Phi) is 3.12. The molecule has 0 amide bonds. The molecule has 0 aliphatic rings. The van der Waals surface area contributed by atoms with Crippen LogP contribution in [0.15, 0.2) is 24.3 Å². The van der Waals surface area contributed by atoms with Crippen molar-refractivity contribution in [1.82, 2.24) is 0 Å². The molecule has 0 aromatic heterocycles. The van der Waals surface area contributed by atoms with Crippen LogP contribution in [0.5, 0.6) is 0 Å². The summed E-state index contributed by atoms with van der Waals surface area (Å²) in [5.41, 5.74) is -0.235. The van der Waals surface area contributed by atoms with Gasteiger partial charge in [-0.1, -0.05) is 29.8 Å². The summed E-state index contributed by atoms with van der Waals surface area (Å²) in [5.74, 6) is -2.25. The molecule has 1 aromatic rings. The van der Waals surface area contributed by atoms with Crippen molar-refractivity contribution < 1.29 is 14.3 Å². The molecule has 0 heterocycles. The summed E-state index contributed by atoms with van der Waals surface area (Å²) >= 11 is 0. The molecule has 0 radical (unpaired) electrons. The fourth-order valence-corrected chi connectivity index (χ4v) is 1.59. The molecule has 1 atom stereocenters. The largest absolute Gasteiger partial charge is 0.481 e. The van der Waals surface area contributed by atoms with E-state index in [0.717, 1.165) is 5.56 Å². The van der Waals surface area contributed by atoms with E-state index in [1.807, 2.05) is 6.92 Å². The van der Waals surface area contributed by atoms with Crippen LogP contribution in [0.4, 0.5) is 4.39 Å². The van der Waals surface area contributed by atoms with Crippen LogP contribution in [0.2, 0.25) is 0 Å². The van der Waals surface area contributed by atoms with E-state index in [4.69, 9.17) is 5.11 Å². The summed E-state index contributed by atoms with van der Waals surface area (Å²) in [6, 6.07) is 6.90. The van der Waals surface area contributed by atoms with Gasteiger partial charge in [-0.15, -0.1) is 0 Å². The van der Waals surface area contributed by atoms with Gasteiger partial charge in [0.15, 0.2) is 0 Å². The molecule has 1 rings (SSSR count). The van der Waals surface area contributed by atoms with Gasteiger partial charge in [0.1, 0.15) is 11.6 Å². The zero-order valence-electron chi connectivity index (χ0n) is 9.12. The Hall–Kier alpha value is -1.38. The van der Waals surface area contributed by atoms with Crippen LogP contribution in [-0.4, -0.2) is 16.7 Å². The Bertz CT molecular complexity index is 349. The highest BCUT2D eigenvalue weighted by Crippen LogP contribution is 2.31. The molecule has 0 bridgehead atoms. The quantitative estimate of drug-likeness (QED) is 0.832. The number of alkyl halides is 1. The summed E-state index contributed by atoms with van der Waals surface area (Å²) < 4.78 is 13.7. The van der Waals surface area contributed by atoms with Crippen molar-refractivity contribution in [3.05, 3.63) is 35.4 Å². The molecule has 0 fully saturated rings. The Morgan fingerprint density at radius 2 is 1.80 bits per heavy atom. The molecular weight excluding hydrogens is 195 g/mol. The number of carbonyl (C=O) groups is 1. The minimum absolute atomic E-state index is 0.501. The smallest absolute Gasteiger partial charge is 0.314 e. The number of halogens is 1. The monoisotopic (exact) mass is 210 g/mol. The molecule has 0 spiro atoms. The van der Waals surface area contributed by atoms with Crippen molar-refractivity contribution in [1.29, 1.82) is 0 Å². The topological polar surface area (TPSA) is 37.3 Å². The first-order valence-corrected chi connectivity index (χ1v) is 4.80. The van der Waals surface area contributed by atoms with Crippen LogP contribution in [0, 0.1) is 6.92 Å². The Morgan fingerprint density at radius 3 is 2.13 bits per heavy atom. The van der Waals surface area contributed by atoms with Gasteiger partial charge in [0, 0.05) is 0 Å². The summed E-state index contributed by atoms with van der Waals surface area (Å²) in [4.78, 5) is 11.0. The van der Waals surface area contributed by atoms with Crippen molar-refractivity contribution in [2.24, 2.45) is 0 Å². The number of carboxylic acid groups (broad SMARTS) is 1. The lowest BCUT2D eigenvalue weighted by Crippen LogP contribution is -2.30. The van der Waals surface area contributed by atoms with Crippen LogP contribution in [0.1, 0.15) is 30.9 Å². The van der Waals surface area contributed by atoms with Gasteiger partial charge >= 0.3 is 5.97 Å². The third kappa shape index (κ3) is 2.78. The second-order valence-corrected chi connectivity index (χ2v) is 4.25. The predicted molar refractivity (Wildman–Crippen MR) is 56.7 cm³/mol. The molecular formula is C12H15FO2. The molecule has 0 saturated carbocycles. The first-order chi connectivity index (χ1) is 6.82. The molecule has 0 saturated heterocycles. The van der Waals surface area contributed by atoms with E-state index in [9.17, 15) is 9.18 Å². The zero-order chi connectivity index (χ0) is 11.6. The van der Waals surface area contributed by atoms with E-state index in [-0.39, 0.29) is 0 Å². The highest BCUT2D eigenvalue weighted by molar-refractivity contribution is 5.77. The van der Waals surface area contributed by atoms with Crippen LogP contribution in [0.3, 0.4) is 0 Å². The molecule has 1 N–H and O–H groups in total. The second-order valence-electron chi connectivity index (χ2n) is 4.25. The maximum atomic E-state index is 13.7. The summed E-state index contributed by atoms with van der Waals surface area (Å²) in [7, 11) is 0. The minimum atomic E-state index is -1.76. The average Bonchev–Trinajstić information content (AvgIpc) is 2.05. The number of hydrogen-bond acceptors (Lipinski definition) is 1. The van der Waals surface area contributed by atoms with Crippen LogP contribution in [-0.2, 0) is 4.79 Å². The molecule has 3 heteroatoms. The first-order valence-electron chi connectivity index (χ1n) is 4.80. The standard InChI is InChI=1S/C12H15FO2/c1-8-4-6-9(7-5-8)10(11(14)15)12(2,3)13/h4-7,10H,1-3H3,(H,14,15). The maximum absolute atomic E-state index is 13.7. The normalized spacial score (nSPS) is 13.6. The highest BCUT2D eigenvalue weighted by atomic mass is 19.1. The van der Waals surface area contributed by atoms with Gasteiger partial charge in [-0.25, -0.2) is 4.39 Å². The van der Waals surface area contributed by atoms with Crippen molar-refractivity contribution in [3.8, 4) is 0 Å². The third-order valence-corrected chi connectivity index (χ3v) is 2.34. The minimum Gasteiger partial charge on any atom is -0.481 e. The Balaban J connectivity index is 3.11.